The number of amides is 1. The van der Waals surface area contributed by atoms with Crippen LogP contribution in [0.3, 0.4) is 0 Å². The topological polar surface area (TPSA) is 143 Å². The number of nitrogens with zero attached hydrogens (tertiary/aromatic N) is 6. The van der Waals surface area contributed by atoms with Gasteiger partial charge in [-0.2, -0.15) is 13.2 Å². The average molecular weight is 684 g/mol. The zero-order valence-corrected chi connectivity index (χ0v) is 27.4. The first-order valence-electron chi connectivity index (χ1n) is 15.5. The number of Topliss-reactive ketones (excluding diaryl/α,β-unsaturated/α-hetero) is 1. The summed E-state index contributed by atoms with van der Waals surface area (Å²) in [7, 11) is 3.53. The quantitative estimate of drug-likeness (QED) is 0.231. The van der Waals surface area contributed by atoms with Crippen LogP contribution in [0.1, 0.15) is 65.6 Å². The Balaban J connectivity index is 1.37. The summed E-state index contributed by atoms with van der Waals surface area (Å²) in [6.07, 6.45) is 0.683. The molecule has 2 aliphatic carbocycles. The lowest BCUT2D eigenvalue weighted by atomic mass is 9.75. The number of ketones is 1. The van der Waals surface area contributed by atoms with Crippen LogP contribution < -0.4 is 15.6 Å². The van der Waals surface area contributed by atoms with Crippen LogP contribution in [0.25, 0.3) is 11.2 Å². The van der Waals surface area contributed by atoms with Crippen LogP contribution in [0.5, 0.6) is 5.75 Å². The number of alkyl halides is 3. The molecule has 0 spiro atoms. The summed E-state index contributed by atoms with van der Waals surface area (Å²) in [5, 5.41) is 12.8. The normalized spacial score (nSPS) is 20.3. The minimum atomic E-state index is -4.60. The fraction of sp³-hybridized carbons (Fsp3) is 0.424. The van der Waals surface area contributed by atoms with Gasteiger partial charge < -0.3 is 19.9 Å². The van der Waals surface area contributed by atoms with Gasteiger partial charge in [0.2, 0.25) is 11.3 Å². The number of halogens is 4. The highest BCUT2D eigenvalue weighted by Crippen LogP contribution is 2.63. The van der Waals surface area contributed by atoms with Gasteiger partial charge in [0, 0.05) is 36.7 Å². The van der Waals surface area contributed by atoms with Crippen LogP contribution in [0.15, 0.2) is 35.5 Å². The first-order chi connectivity index (χ1) is 22.7. The number of carbonyl (C=O) groups excluding carboxylic acids is 2. The van der Waals surface area contributed by atoms with Crippen molar-refractivity contribution in [3.05, 3.63) is 74.2 Å². The Kier molecular flexibility index (Phi) is 8.42. The molecule has 2 N–H and O–H groups in total. The summed E-state index contributed by atoms with van der Waals surface area (Å²) >= 11 is 6.11. The van der Waals surface area contributed by atoms with Crippen molar-refractivity contribution in [2.75, 3.05) is 24.3 Å². The summed E-state index contributed by atoms with van der Waals surface area (Å²) in [6, 6.07) is 2.68. The molecule has 1 amide bonds. The van der Waals surface area contributed by atoms with Crippen molar-refractivity contribution in [3.63, 3.8) is 0 Å². The van der Waals surface area contributed by atoms with E-state index in [-0.39, 0.29) is 57.0 Å². The molecular formula is C33H33ClF3N7O4. The van der Waals surface area contributed by atoms with Crippen LogP contribution >= 0.6 is 11.6 Å². The van der Waals surface area contributed by atoms with Gasteiger partial charge in [0.15, 0.2) is 28.4 Å². The van der Waals surface area contributed by atoms with Crippen LogP contribution in [0, 0.1) is 18.8 Å². The minimum Gasteiger partial charge on any atom is -0.504 e. The highest BCUT2D eigenvalue weighted by Gasteiger charge is 2.60. The molecule has 0 aliphatic heterocycles. The van der Waals surface area contributed by atoms with Crippen LogP contribution in [0.2, 0.25) is 5.02 Å². The zero-order valence-electron chi connectivity index (χ0n) is 26.7. The van der Waals surface area contributed by atoms with Gasteiger partial charge in [-0.1, -0.05) is 18.5 Å². The number of aromatic nitrogens is 5. The molecule has 48 heavy (non-hydrogen) atoms. The average Bonchev–Trinajstić information content (AvgIpc) is 3.77. The molecule has 2 aliphatic rings. The predicted molar refractivity (Wildman–Crippen MR) is 172 cm³/mol. The van der Waals surface area contributed by atoms with Gasteiger partial charge in [-0.15, -0.1) is 0 Å². The Morgan fingerprint density at radius 1 is 1.21 bits per heavy atom. The molecule has 0 radical (unpaired) electrons. The fourth-order valence-electron chi connectivity index (χ4n) is 7.03. The van der Waals surface area contributed by atoms with E-state index in [1.807, 2.05) is 6.92 Å². The van der Waals surface area contributed by atoms with Gasteiger partial charge in [-0.05, 0) is 63.1 Å². The van der Waals surface area contributed by atoms with Crippen molar-refractivity contribution in [2.45, 2.75) is 64.1 Å². The van der Waals surface area contributed by atoms with Gasteiger partial charge >= 0.3 is 6.18 Å². The molecule has 0 saturated heterocycles. The van der Waals surface area contributed by atoms with Crippen molar-refractivity contribution in [1.29, 1.82) is 0 Å². The van der Waals surface area contributed by atoms with E-state index in [1.165, 1.54) is 12.5 Å². The maximum atomic E-state index is 14.4. The Hall–Kier alpha value is -4.59. The standard InChI is InChI=1S/C33H33ClF3N7O4/c1-5-22-25(32-9-8-17(10-19(32)12-32)29(47)26-28(46)16(2)39-15-40-26)30(48)27-31(38-13-23(42-27)43(3)4)44(22)14-24(45)41-21-7-6-18(11-20(21)34)33(35,36)37/h6-7,11,13,15,17,19,46H,5,8-10,12,14H2,1-4H3,(H,41,45)/t17?,19-,32-/m0/s1. The number of nitrogens with one attached hydrogen (secondary N) is 1. The van der Waals surface area contributed by atoms with E-state index in [2.05, 4.69) is 25.3 Å². The molecular weight excluding hydrogens is 651 g/mol. The lowest BCUT2D eigenvalue weighted by molar-refractivity contribution is -0.137. The number of rotatable bonds is 8. The van der Waals surface area contributed by atoms with E-state index in [1.54, 1.807) is 30.5 Å². The molecule has 2 fully saturated rings. The third kappa shape index (κ3) is 5.75. The van der Waals surface area contributed by atoms with Crippen molar-refractivity contribution in [1.82, 2.24) is 24.5 Å². The van der Waals surface area contributed by atoms with Gasteiger partial charge in [0.25, 0.3) is 0 Å². The second-order valence-electron chi connectivity index (χ2n) is 12.7. The number of carbonyl (C=O) groups is 2. The van der Waals surface area contributed by atoms with Crippen molar-refractivity contribution in [3.8, 4) is 5.75 Å². The number of pyridine rings is 1. The lowest BCUT2D eigenvalue weighted by Crippen LogP contribution is -2.34. The number of fused-ring (bicyclic) bond motifs is 2. The molecule has 3 atom stereocenters. The van der Waals surface area contributed by atoms with Crippen LogP contribution in [-0.4, -0.2) is 55.4 Å². The molecule has 1 aromatic carbocycles. The van der Waals surface area contributed by atoms with Gasteiger partial charge in [-0.25, -0.2) is 19.9 Å². The predicted octanol–water partition coefficient (Wildman–Crippen LogP) is 5.48. The monoisotopic (exact) mass is 683 g/mol. The molecule has 6 rings (SSSR count). The number of hydrogen-bond donors (Lipinski definition) is 2. The second kappa shape index (κ2) is 12.1. The highest BCUT2D eigenvalue weighted by atomic mass is 35.5. The Bertz CT molecular complexity index is 2030. The molecule has 3 aromatic heterocycles. The fourth-order valence-corrected chi connectivity index (χ4v) is 7.26. The molecule has 2 saturated carbocycles. The Labute approximate surface area is 278 Å². The zero-order chi connectivity index (χ0) is 34.7. The van der Waals surface area contributed by atoms with Crippen LogP contribution in [0.4, 0.5) is 24.7 Å². The summed E-state index contributed by atoms with van der Waals surface area (Å²) in [4.78, 5) is 60.1. The van der Waals surface area contributed by atoms with E-state index >= 15 is 0 Å². The third-order valence-corrected chi connectivity index (χ3v) is 9.88. The molecule has 0 bridgehead atoms. The molecule has 4 aromatic rings. The molecule has 15 heteroatoms. The van der Waals surface area contributed by atoms with E-state index in [4.69, 9.17) is 11.6 Å². The van der Waals surface area contributed by atoms with E-state index < -0.39 is 29.0 Å². The van der Waals surface area contributed by atoms with Crippen molar-refractivity contribution in [2.24, 2.45) is 11.8 Å². The summed E-state index contributed by atoms with van der Waals surface area (Å²) in [5.41, 5.74) is -0.0118. The Morgan fingerprint density at radius 3 is 2.60 bits per heavy atom. The maximum Gasteiger partial charge on any atom is 0.416 e. The SMILES string of the molecule is CCc1c([C@]23CCC(C(=O)c4ncnc(C)c4O)C[C@H]2C3)c(=O)c2nc(N(C)C)cnc2n1CC(=O)Nc1ccc(C(F)(F)F)cc1Cl. The summed E-state index contributed by atoms with van der Waals surface area (Å²) in [6.45, 7) is 3.16. The molecule has 3 heterocycles. The van der Waals surface area contributed by atoms with E-state index in [0.717, 1.165) is 18.2 Å². The minimum absolute atomic E-state index is 0.000974. The number of benzene rings is 1. The largest absolute Gasteiger partial charge is 0.504 e. The van der Waals surface area contributed by atoms with Crippen molar-refractivity contribution >= 4 is 46.0 Å². The first kappa shape index (κ1) is 33.3. The second-order valence-corrected chi connectivity index (χ2v) is 13.1. The maximum absolute atomic E-state index is 14.4. The van der Waals surface area contributed by atoms with Crippen molar-refractivity contribution < 1.29 is 27.9 Å². The van der Waals surface area contributed by atoms with Crippen LogP contribution in [-0.2, 0) is 29.4 Å². The number of aryl methyl sites for hydroxylation is 1. The summed E-state index contributed by atoms with van der Waals surface area (Å²) < 4.78 is 41.1. The number of anilines is 2. The molecule has 252 valence electrons. The van der Waals surface area contributed by atoms with E-state index in [0.29, 0.717) is 54.9 Å². The van der Waals surface area contributed by atoms with E-state index in [9.17, 15) is 32.7 Å². The highest BCUT2D eigenvalue weighted by molar-refractivity contribution is 6.33. The first-order valence-corrected chi connectivity index (χ1v) is 15.9. The third-order valence-electron chi connectivity index (χ3n) is 9.57. The summed E-state index contributed by atoms with van der Waals surface area (Å²) in [5.74, 6) is -1.02. The lowest BCUT2D eigenvalue weighted by Gasteiger charge is -2.30. The molecule has 1 unspecified atom stereocenters. The van der Waals surface area contributed by atoms with Gasteiger partial charge in [-0.3, -0.25) is 14.4 Å². The molecule has 11 nitrogen and oxygen atoms in total. The Morgan fingerprint density at radius 2 is 1.96 bits per heavy atom. The number of hydrogen-bond acceptors (Lipinski definition) is 9. The smallest absolute Gasteiger partial charge is 0.416 e. The number of aromatic hydroxyl groups is 1. The van der Waals surface area contributed by atoms with Gasteiger partial charge in [0.1, 0.15) is 18.7 Å². The van der Waals surface area contributed by atoms with Gasteiger partial charge in [0.05, 0.1) is 28.2 Å².